The van der Waals surface area contributed by atoms with E-state index in [0.717, 1.165) is 20.0 Å². The maximum absolute atomic E-state index is 12.3. The lowest BCUT2D eigenvalue weighted by Crippen LogP contribution is -2.29. The van der Waals surface area contributed by atoms with E-state index >= 15 is 0 Å². The van der Waals surface area contributed by atoms with Gasteiger partial charge in [-0.25, -0.2) is 8.62 Å². The Bertz CT molecular complexity index is 647. The van der Waals surface area contributed by atoms with Crippen molar-refractivity contribution in [3.8, 4) is 0 Å². The second-order valence-electron chi connectivity index (χ2n) is 5.59. The lowest BCUT2D eigenvalue weighted by atomic mass is 10.1. The third-order valence-corrected chi connectivity index (χ3v) is 8.26. The zero-order chi connectivity index (χ0) is 19.3. The Labute approximate surface area is 145 Å². The van der Waals surface area contributed by atoms with Crippen molar-refractivity contribution in [3.05, 3.63) is 10.4 Å². The van der Waals surface area contributed by atoms with Crippen molar-refractivity contribution in [2.24, 2.45) is 5.11 Å². The van der Waals surface area contributed by atoms with Crippen molar-refractivity contribution in [1.29, 1.82) is 0 Å². The zero-order valence-corrected chi connectivity index (χ0v) is 16.9. The van der Waals surface area contributed by atoms with Gasteiger partial charge in [0.1, 0.15) is 12.8 Å². The summed E-state index contributed by atoms with van der Waals surface area (Å²) in [6.45, 7) is 4.21. The van der Waals surface area contributed by atoms with Gasteiger partial charge in [0.25, 0.3) is 0 Å². The minimum absolute atomic E-state index is 0.150. The molecule has 25 heavy (non-hydrogen) atoms. The first-order valence-corrected chi connectivity index (χ1v) is 13.1. The second-order valence-corrected chi connectivity index (χ2v) is 11.8. The van der Waals surface area contributed by atoms with Gasteiger partial charge in [0.15, 0.2) is 0 Å². The number of azide groups is 1. The molecule has 1 aliphatic rings. The molecule has 1 heterocycles. The molecule has 1 fully saturated rings. The lowest BCUT2D eigenvalue weighted by molar-refractivity contribution is -0.0388. The van der Waals surface area contributed by atoms with Crippen LogP contribution in [0.2, 0.25) is 0 Å². The maximum atomic E-state index is 12.3. The molecule has 0 spiro atoms. The van der Waals surface area contributed by atoms with Crippen molar-refractivity contribution < 1.29 is 41.2 Å². The molecule has 146 valence electrons. The summed E-state index contributed by atoms with van der Waals surface area (Å²) in [5.74, 6) is 0. The van der Waals surface area contributed by atoms with Crippen LogP contribution >= 0.6 is 22.8 Å². The molecule has 0 aromatic carbocycles. The Balaban J connectivity index is 2.61. The van der Waals surface area contributed by atoms with Crippen molar-refractivity contribution in [3.63, 3.8) is 0 Å². The van der Waals surface area contributed by atoms with E-state index in [-0.39, 0.29) is 19.4 Å². The highest BCUT2D eigenvalue weighted by molar-refractivity contribution is 7.71. The van der Waals surface area contributed by atoms with Crippen LogP contribution in [0.5, 0.6) is 0 Å². The fourth-order valence-corrected chi connectivity index (χ4v) is 7.54. The molecule has 1 aliphatic heterocycles. The van der Waals surface area contributed by atoms with Gasteiger partial charge in [-0.3, -0.25) is 13.7 Å². The van der Waals surface area contributed by atoms with E-state index in [1.165, 1.54) is 0 Å². The predicted molar refractivity (Wildman–Crippen MR) is 88.8 cm³/mol. The highest BCUT2D eigenvalue weighted by Gasteiger charge is 2.38. The number of rotatable bonds is 10. The highest BCUT2D eigenvalue weighted by Crippen LogP contribution is 2.66. The molecule has 0 aromatic heterocycles. The van der Waals surface area contributed by atoms with Gasteiger partial charge in [0.2, 0.25) is 0 Å². The lowest BCUT2D eigenvalue weighted by Gasteiger charge is -2.23. The first-order valence-electron chi connectivity index (χ1n) is 7.14. The second kappa shape index (κ2) is 9.11. The van der Waals surface area contributed by atoms with Crippen LogP contribution in [0, 0.1) is 0 Å². The molecule has 0 aromatic rings. The van der Waals surface area contributed by atoms with Gasteiger partial charge < -0.3 is 18.9 Å². The highest BCUT2D eigenvalue weighted by atomic mass is 31.3. The number of ether oxygens (including phenoxy) is 2. The third-order valence-electron chi connectivity index (χ3n) is 2.87. The summed E-state index contributed by atoms with van der Waals surface area (Å²) in [4.78, 5) is 11.7. The summed E-state index contributed by atoms with van der Waals surface area (Å²) in [7, 11) is -12.0. The number of hydrogen-bond acceptors (Lipinski definition) is 9. The Morgan fingerprint density at radius 1 is 1.24 bits per heavy atom. The average molecular weight is 421 g/mol. The third kappa shape index (κ3) is 9.31. The molecule has 15 heteroatoms. The minimum Gasteiger partial charge on any atom is -0.370 e. The smallest absolute Gasteiger partial charge is 0.341 e. The molecule has 1 saturated heterocycles. The Morgan fingerprint density at radius 2 is 1.88 bits per heavy atom. The maximum Gasteiger partial charge on any atom is 0.341 e. The zero-order valence-electron chi connectivity index (χ0n) is 14.2. The van der Waals surface area contributed by atoms with Crippen LogP contribution < -0.4 is 0 Å². The Morgan fingerprint density at radius 3 is 2.44 bits per heavy atom. The van der Waals surface area contributed by atoms with Gasteiger partial charge in [-0.15, -0.1) is 0 Å². The first kappa shape index (κ1) is 22.8. The number of nitrogens with zero attached hydrogens (tertiary/aromatic N) is 3. The summed E-state index contributed by atoms with van der Waals surface area (Å²) in [6.07, 6.45) is -0.683. The summed E-state index contributed by atoms with van der Waals surface area (Å²) >= 11 is 0. The molecule has 0 aliphatic carbocycles. The van der Waals surface area contributed by atoms with Gasteiger partial charge in [0.05, 0.1) is 18.8 Å². The van der Waals surface area contributed by atoms with Gasteiger partial charge >= 0.3 is 22.8 Å². The quantitative estimate of drug-likeness (QED) is 0.241. The molecular weight excluding hydrogens is 399 g/mol. The van der Waals surface area contributed by atoms with E-state index in [2.05, 4.69) is 14.3 Å². The molecule has 0 saturated carbocycles. The largest absolute Gasteiger partial charge is 0.370 e. The van der Waals surface area contributed by atoms with E-state index in [9.17, 15) is 13.7 Å². The van der Waals surface area contributed by atoms with E-state index in [1.54, 1.807) is 6.92 Å². The van der Waals surface area contributed by atoms with Gasteiger partial charge in [-0.05, 0) is 12.5 Å². The molecular formula is C10H22N3O9P3. The normalized spacial score (nSPS) is 30.7. The molecule has 6 atom stereocenters. The van der Waals surface area contributed by atoms with E-state index < -0.39 is 35.0 Å². The van der Waals surface area contributed by atoms with Gasteiger partial charge in [-0.1, -0.05) is 5.11 Å². The van der Waals surface area contributed by atoms with Crippen LogP contribution in [-0.2, 0) is 36.3 Å². The minimum atomic E-state index is -4.10. The monoisotopic (exact) mass is 421 g/mol. The van der Waals surface area contributed by atoms with Crippen LogP contribution in [0.4, 0.5) is 0 Å². The van der Waals surface area contributed by atoms with Crippen LogP contribution in [0.25, 0.3) is 10.4 Å². The van der Waals surface area contributed by atoms with Crippen molar-refractivity contribution >= 4 is 22.8 Å². The van der Waals surface area contributed by atoms with Crippen LogP contribution in [-0.4, -0.2) is 56.5 Å². The standard InChI is InChI=1S/C10H22N3O9P3/c1-8-5-9(18-7-12-13-11)10(20-8)6-19-24(3,16)22-25(4,17)21-23(2,14)15/h8-10H,5-7H2,1-4H3,(H,14,15)/t8-,9?,10+,24?,25?/m0/s1. The summed E-state index contributed by atoms with van der Waals surface area (Å²) in [6, 6.07) is 0. The fraction of sp³-hybridized carbons (Fsp3) is 1.00. The number of hydrogen-bond donors (Lipinski definition) is 1. The van der Waals surface area contributed by atoms with E-state index in [0.29, 0.717) is 6.42 Å². The van der Waals surface area contributed by atoms with Gasteiger partial charge in [-0.2, -0.15) is 0 Å². The Hall–Kier alpha value is -0.240. The van der Waals surface area contributed by atoms with E-state index in [1.807, 2.05) is 0 Å². The SMILES string of the molecule is C[C@H]1CC(OCN=[N+]=[N-])[C@@H](COP(C)(=O)OP(C)(=O)OP(C)(=O)O)O1. The van der Waals surface area contributed by atoms with Crippen LogP contribution in [0.1, 0.15) is 13.3 Å². The first-order chi connectivity index (χ1) is 11.3. The van der Waals surface area contributed by atoms with E-state index in [4.69, 9.17) is 28.7 Å². The summed E-state index contributed by atoms with van der Waals surface area (Å²) in [5.41, 5.74) is 8.25. The molecule has 0 amide bonds. The molecule has 4 unspecified atom stereocenters. The van der Waals surface area contributed by atoms with Gasteiger partial charge in [0, 0.05) is 31.3 Å². The van der Waals surface area contributed by atoms with Crippen molar-refractivity contribution in [2.75, 3.05) is 33.3 Å². The fourth-order valence-electron chi connectivity index (χ4n) is 2.19. The van der Waals surface area contributed by atoms with Crippen molar-refractivity contribution in [2.45, 2.75) is 31.7 Å². The summed E-state index contributed by atoms with van der Waals surface area (Å²) in [5, 5.41) is 3.27. The average Bonchev–Trinajstić information content (AvgIpc) is 2.73. The molecule has 0 radical (unpaired) electrons. The van der Waals surface area contributed by atoms with Crippen LogP contribution in [0.15, 0.2) is 5.11 Å². The molecule has 1 rings (SSSR count). The molecule has 12 nitrogen and oxygen atoms in total. The van der Waals surface area contributed by atoms with Crippen molar-refractivity contribution in [1.82, 2.24) is 0 Å². The topological polar surface area (TPSA) is 166 Å². The molecule has 0 bridgehead atoms. The summed E-state index contributed by atoms with van der Waals surface area (Å²) < 4.78 is 60.7. The molecule has 1 N–H and O–H groups in total. The predicted octanol–water partition coefficient (Wildman–Crippen LogP) is 3.33. The van der Waals surface area contributed by atoms with Crippen LogP contribution in [0.3, 0.4) is 0 Å². The Kier molecular flexibility index (Phi) is 8.31.